The lowest BCUT2D eigenvalue weighted by Gasteiger charge is -2.24. The number of rotatable bonds is 7. The molecule has 0 bridgehead atoms. The minimum absolute atomic E-state index is 0.228. The third-order valence-corrected chi connectivity index (χ3v) is 3.60. The minimum Gasteiger partial charge on any atom is -0.480 e. The van der Waals surface area contributed by atoms with Gasteiger partial charge in [-0.1, -0.05) is 13.8 Å². The quantitative estimate of drug-likeness (QED) is 0.738. The standard InChI is InChI=1S/C14H27N3O3/c1-11(2)10-12(13(18)19)15-14(20)16(3)8-9-17-6-4-5-7-17/h11-12H,4-10H2,1-3H3,(H,15,20)(H,18,19). The number of amides is 2. The van der Waals surface area contributed by atoms with E-state index in [0.29, 0.717) is 13.0 Å². The fourth-order valence-electron chi connectivity index (χ4n) is 2.35. The van der Waals surface area contributed by atoms with Gasteiger partial charge in [-0.25, -0.2) is 9.59 Å². The van der Waals surface area contributed by atoms with E-state index < -0.39 is 12.0 Å². The van der Waals surface area contributed by atoms with E-state index in [9.17, 15) is 9.59 Å². The summed E-state index contributed by atoms with van der Waals surface area (Å²) in [6.45, 7) is 7.56. The number of hydrogen-bond acceptors (Lipinski definition) is 3. The van der Waals surface area contributed by atoms with Crippen LogP contribution in [0.4, 0.5) is 4.79 Å². The molecule has 1 atom stereocenters. The van der Waals surface area contributed by atoms with Gasteiger partial charge in [0.25, 0.3) is 0 Å². The van der Waals surface area contributed by atoms with Gasteiger partial charge < -0.3 is 20.2 Å². The minimum atomic E-state index is -0.972. The molecule has 20 heavy (non-hydrogen) atoms. The number of carboxylic acids is 1. The first kappa shape index (κ1) is 16.8. The number of urea groups is 1. The Morgan fingerprint density at radius 2 is 1.90 bits per heavy atom. The number of nitrogens with one attached hydrogen (secondary N) is 1. The van der Waals surface area contributed by atoms with Crippen molar-refractivity contribution in [1.82, 2.24) is 15.1 Å². The molecule has 0 saturated carbocycles. The fraction of sp³-hybridized carbons (Fsp3) is 0.857. The van der Waals surface area contributed by atoms with Gasteiger partial charge in [0.15, 0.2) is 0 Å². The molecule has 6 heteroatoms. The SMILES string of the molecule is CC(C)CC(NC(=O)N(C)CCN1CCCC1)C(=O)O. The second kappa shape index (κ2) is 8.09. The molecule has 1 heterocycles. The first-order chi connectivity index (χ1) is 9.40. The second-order valence-corrected chi connectivity index (χ2v) is 5.94. The predicted octanol–water partition coefficient (Wildman–Crippen LogP) is 1.22. The first-order valence-corrected chi connectivity index (χ1v) is 7.37. The van der Waals surface area contributed by atoms with Gasteiger partial charge in [-0.2, -0.15) is 0 Å². The van der Waals surface area contributed by atoms with Crippen molar-refractivity contribution in [1.29, 1.82) is 0 Å². The summed E-state index contributed by atoms with van der Waals surface area (Å²) >= 11 is 0. The molecule has 0 spiro atoms. The molecule has 1 unspecified atom stereocenters. The zero-order chi connectivity index (χ0) is 15.1. The molecular weight excluding hydrogens is 258 g/mol. The Balaban J connectivity index is 2.36. The highest BCUT2D eigenvalue weighted by Crippen LogP contribution is 2.07. The smallest absolute Gasteiger partial charge is 0.326 e. The molecule has 0 radical (unpaired) electrons. The Labute approximate surface area is 121 Å². The second-order valence-electron chi connectivity index (χ2n) is 5.94. The highest BCUT2D eigenvalue weighted by molar-refractivity contribution is 5.82. The molecule has 1 rings (SSSR count). The number of nitrogens with zero attached hydrogens (tertiary/aromatic N) is 2. The molecule has 6 nitrogen and oxygen atoms in total. The molecule has 2 amide bonds. The Bertz CT molecular complexity index is 328. The largest absolute Gasteiger partial charge is 0.480 e. The van der Waals surface area contributed by atoms with Crippen LogP contribution in [0.25, 0.3) is 0 Å². The molecule has 0 aliphatic carbocycles. The van der Waals surface area contributed by atoms with E-state index in [4.69, 9.17) is 5.11 Å². The van der Waals surface area contributed by atoms with Crippen LogP contribution >= 0.6 is 0 Å². The molecule has 0 aromatic heterocycles. The van der Waals surface area contributed by atoms with Crippen molar-refractivity contribution in [3.8, 4) is 0 Å². The van der Waals surface area contributed by atoms with E-state index in [1.807, 2.05) is 13.8 Å². The van der Waals surface area contributed by atoms with E-state index in [0.717, 1.165) is 19.6 Å². The molecule has 1 aliphatic heterocycles. The van der Waals surface area contributed by atoms with Gasteiger partial charge in [0, 0.05) is 20.1 Å². The lowest BCUT2D eigenvalue weighted by molar-refractivity contribution is -0.139. The zero-order valence-corrected chi connectivity index (χ0v) is 12.8. The van der Waals surface area contributed by atoms with Crippen LogP contribution in [0.5, 0.6) is 0 Å². The summed E-state index contributed by atoms with van der Waals surface area (Å²) in [5, 5.41) is 11.7. The highest BCUT2D eigenvalue weighted by atomic mass is 16.4. The van der Waals surface area contributed by atoms with E-state index >= 15 is 0 Å². The number of carboxylic acid groups (broad SMARTS) is 1. The van der Waals surface area contributed by atoms with Gasteiger partial charge in [-0.15, -0.1) is 0 Å². The van der Waals surface area contributed by atoms with E-state index in [2.05, 4.69) is 10.2 Å². The van der Waals surface area contributed by atoms with Gasteiger partial charge in [-0.05, 0) is 38.3 Å². The highest BCUT2D eigenvalue weighted by Gasteiger charge is 2.23. The number of carbonyl (C=O) groups is 2. The average Bonchev–Trinajstić information content (AvgIpc) is 2.87. The maximum Gasteiger partial charge on any atom is 0.326 e. The van der Waals surface area contributed by atoms with Gasteiger partial charge in [0.2, 0.25) is 0 Å². The predicted molar refractivity (Wildman–Crippen MR) is 77.7 cm³/mol. The van der Waals surface area contributed by atoms with Crippen molar-refractivity contribution in [2.45, 2.75) is 39.2 Å². The van der Waals surface area contributed by atoms with Gasteiger partial charge >= 0.3 is 12.0 Å². The van der Waals surface area contributed by atoms with Crippen LogP contribution in [0.2, 0.25) is 0 Å². The zero-order valence-electron chi connectivity index (χ0n) is 12.8. The first-order valence-electron chi connectivity index (χ1n) is 7.37. The summed E-state index contributed by atoms with van der Waals surface area (Å²) in [7, 11) is 1.71. The monoisotopic (exact) mass is 285 g/mol. The van der Waals surface area contributed by atoms with Crippen molar-refractivity contribution in [2.75, 3.05) is 33.2 Å². The lowest BCUT2D eigenvalue weighted by Crippen LogP contribution is -2.48. The maximum absolute atomic E-state index is 12.0. The molecule has 1 saturated heterocycles. The molecule has 2 N–H and O–H groups in total. The Morgan fingerprint density at radius 1 is 1.30 bits per heavy atom. The van der Waals surface area contributed by atoms with Crippen molar-refractivity contribution in [3.05, 3.63) is 0 Å². The third kappa shape index (κ3) is 5.77. The molecule has 1 aliphatic rings. The Morgan fingerprint density at radius 3 is 2.40 bits per heavy atom. The Kier molecular flexibility index (Phi) is 6.78. The number of aliphatic carboxylic acids is 1. The van der Waals surface area contributed by atoms with Crippen LogP contribution in [-0.2, 0) is 4.79 Å². The lowest BCUT2D eigenvalue weighted by atomic mass is 10.0. The fourth-order valence-corrected chi connectivity index (χ4v) is 2.35. The molecule has 0 aromatic carbocycles. The summed E-state index contributed by atoms with van der Waals surface area (Å²) in [6.07, 6.45) is 2.90. The topological polar surface area (TPSA) is 72.9 Å². The van der Waals surface area contributed by atoms with Crippen molar-refractivity contribution < 1.29 is 14.7 Å². The van der Waals surface area contributed by atoms with E-state index in [-0.39, 0.29) is 11.9 Å². The van der Waals surface area contributed by atoms with Crippen molar-refractivity contribution >= 4 is 12.0 Å². The van der Waals surface area contributed by atoms with Crippen LogP contribution in [0, 0.1) is 5.92 Å². The van der Waals surface area contributed by atoms with Gasteiger partial charge in [-0.3, -0.25) is 0 Å². The average molecular weight is 285 g/mol. The van der Waals surface area contributed by atoms with Crippen LogP contribution in [-0.4, -0.2) is 66.2 Å². The van der Waals surface area contributed by atoms with Crippen LogP contribution in [0.15, 0.2) is 0 Å². The van der Waals surface area contributed by atoms with Crippen LogP contribution in [0.3, 0.4) is 0 Å². The third-order valence-electron chi connectivity index (χ3n) is 3.60. The molecule has 1 fully saturated rings. The number of likely N-dealkylation sites (N-methyl/N-ethyl adjacent to an activating group) is 1. The molecular formula is C14H27N3O3. The van der Waals surface area contributed by atoms with Crippen LogP contribution in [0.1, 0.15) is 33.1 Å². The number of likely N-dealkylation sites (tertiary alicyclic amines) is 1. The maximum atomic E-state index is 12.0. The molecule has 0 aromatic rings. The van der Waals surface area contributed by atoms with Crippen LogP contribution < -0.4 is 5.32 Å². The summed E-state index contributed by atoms with van der Waals surface area (Å²) in [5.41, 5.74) is 0. The normalized spacial score (nSPS) is 17.2. The summed E-state index contributed by atoms with van der Waals surface area (Å²) in [6, 6.07) is -1.12. The number of carbonyl (C=O) groups excluding carboxylic acids is 1. The molecule has 116 valence electrons. The Hall–Kier alpha value is -1.30. The van der Waals surface area contributed by atoms with Crippen molar-refractivity contribution in [2.24, 2.45) is 5.92 Å². The summed E-state index contributed by atoms with van der Waals surface area (Å²) in [4.78, 5) is 27.0. The van der Waals surface area contributed by atoms with Gasteiger partial charge in [0.05, 0.1) is 0 Å². The number of hydrogen-bond donors (Lipinski definition) is 2. The van der Waals surface area contributed by atoms with E-state index in [1.54, 1.807) is 11.9 Å². The van der Waals surface area contributed by atoms with Gasteiger partial charge in [0.1, 0.15) is 6.04 Å². The summed E-state index contributed by atoms with van der Waals surface area (Å²) < 4.78 is 0. The van der Waals surface area contributed by atoms with E-state index in [1.165, 1.54) is 12.8 Å². The summed E-state index contributed by atoms with van der Waals surface area (Å²) in [5.74, 6) is -0.744. The van der Waals surface area contributed by atoms with Crippen molar-refractivity contribution in [3.63, 3.8) is 0 Å².